The smallest absolute Gasteiger partial charge is 0 e. The maximum Gasteiger partial charge on any atom is 0 e. The molecule has 3 nitrogen and oxygen atoms in total. The molecule has 0 saturated carbocycles. The summed E-state index contributed by atoms with van der Waals surface area (Å²) in [4.78, 5) is 0. The zero-order valence-electron chi connectivity index (χ0n) is 10.3. The number of hydrogen-bond acceptors (Lipinski definition) is 0. The first-order valence-electron chi connectivity index (χ1n) is 4.57. The van der Waals surface area contributed by atoms with Crippen LogP contribution in [0.15, 0.2) is 42.0 Å². The van der Waals surface area contributed by atoms with Crippen LogP contribution in [0.2, 0.25) is 0 Å². The summed E-state index contributed by atoms with van der Waals surface area (Å²) < 4.78 is 22.5. The van der Waals surface area contributed by atoms with Crippen molar-refractivity contribution in [3.05, 3.63) is 67.5 Å². The van der Waals surface area contributed by atoms with E-state index in [9.17, 15) is 0 Å². The quantitative estimate of drug-likeness (QED) is 0.455. The summed E-state index contributed by atoms with van der Waals surface area (Å²) in [6.07, 6.45) is 3.30. The molecule has 0 aliphatic heterocycles. The van der Waals surface area contributed by atoms with E-state index in [1.54, 1.807) is 0 Å². The van der Waals surface area contributed by atoms with E-state index in [0.717, 1.165) is 6.42 Å². The number of allylic oxidation sites excluding steroid dienone is 2. The Labute approximate surface area is 119 Å². The van der Waals surface area contributed by atoms with E-state index >= 15 is 0 Å². The van der Waals surface area contributed by atoms with E-state index in [2.05, 4.69) is 64.1 Å². The molecule has 18 heavy (non-hydrogen) atoms. The van der Waals surface area contributed by atoms with Crippen LogP contribution in [0, 0.1) is 20.0 Å². The Morgan fingerprint density at radius 3 is 1.67 bits per heavy atom. The van der Waals surface area contributed by atoms with Crippen molar-refractivity contribution in [1.29, 1.82) is 0 Å². The minimum absolute atomic E-state index is 0. The van der Waals surface area contributed by atoms with Gasteiger partial charge in [-0.05, 0) is 25.8 Å². The molecule has 0 fully saturated rings. The first-order chi connectivity index (χ1) is 8.29. The molecule has 0 radical (unpaired) electrons. The van der Waals surface area contributed by atoms with E-state index in [1.807, 2.05) is 6.07 Å². The number of rotatable bonds is 2. The molecule has 94 valence electrons. The number of benzene rings is 1. The molecule has 1 aromatic carbocycles. The summed E-state index contributed by atoms with van der Waals surface area (Å²) in [5.74, 6) is 0. The second-order valence-electron chi connectivity index (χ2n) is 2.97. The van der Waals surface area contributed by atoms with Crippen LogP contribution in [-0.2, 0) is 37.7 Å². The topological polar surface area (TPSA) is 59.7 Å². The van der Waals surface area contributed by atoms with Gasteiger partial charge in [-0.15, -0.1) is 0 Å². The maximum atomic E-state index is 7.50. The zero-order chi connectivity index (χ0) is 14.1. The van der Waals surface area contributed by atoms with Crippen molar-refractivity contribution in [3.8, 4) is 0 Å². The van der Waals surface area contributed by atoms with Crippen LogP contribution in [0.25, 0.3) is 0 Å². The fourth-order valence-electron chi connectivity index (χ4n) is 0.936. The van der Waals surface area contributed by atoms with Gasteiger partial charge in [0.2, 0.25) is 0 Å². The first kappa shape index (κ1) is 25.5. The fraction of sp³-hybridized carbons (Fsp3) is 0.214. The van der Waals surface area contributed by atoms with Gasteiger partial charge in [0.15, 0.2) is 0 Å². The van der Waals surface area contributed by atoms with Crippen molar-refractivity contribution in [2.45, 2.75) is 20.3 Å². The van der Waals surface area contributed by atoms with Gasteiger partial charge in [-0.25, -0.2) is 0 Å². The zero-order valence-corrected chi connectivity index (χ0v) is 11.6. The average molecular weight is 282 g/mol. The molecule has 0 N–H and O–H groups in total. The van der Waals surface area contributed by atoms with Gasteiger partial charge in [0.25, 0.3) is 0 Å². The Kier molecular flexibility index (Phi) is 35.2. The molecule has 0 aromatic heterocycles. The molecule has 0 spiro atoms. The Bertz CT molecular complexity index is 332. The summed E-state index contributed by atoms with van der Waals surface area (Å²) in [5, 5.41) is 0. The third kappa shape index (κ3) is 20.2. The molecule has 0 saturated heterocycles. The second kappa shape index (κ2) is 24.8. The Morgan fingerprint density at radius 2 is 1.33 bits per heavy atom. The fourth-order valence-corrected chi connectivity index (χ4v) is 0.936. The molecule has 0 amide bonds. The molecule has 4 heteroatoms. The molecule has 0 aliphatic rings. The van der Waals surface area contributed by atoms with Gasteiger partial charge in [0, 0.05) is 17.4 Å². The van der Waals surface area contributed by atoms with Crippen LogP contribution in [0.3, 0.4) is 0 Å². The van der Waals surface area contributed by atoms with Crippen molar-refractivity contribution in [2.75, 3.05) is 0 Å². The minimum Gasteiger partial charge on any atom is 0 e. The molecule has 0 aliphatic carbocycles. The summed E-state index contributed by atoms with van der Waals surface area (Å²) in [5.41, 5.74) is 2.77. The predicted molar refractivity (Wildman–Crippen MR) is 61.4 cm³/mol. The first-order valence-corrected chi connectivity index (χ1v) is 4.57. The van der Waals surface area contributed by atoms with E-state index in [1.165, 1.54) is 11.1 Å². The standard InChI is InChI=1S/C11H14.3CO.Cr/c1-10(2)8-9-11-6-4-3-5-7-11;3*1-2;/h3-8H,9H2,1-2H3;;;;. The van der Waals surface area contributed by atoms with E-state index in [4.69, 9.17) is 14.0 Å². The van der Waals surface area contributed by atoms with Crippen LogP contribution in [0.5, 0.6) is 0 Å². The van der Waals surface area contributed by atoms with E-state index < -0.39 is 0 Å². The van der Waals surface area contributed by atoms with E-state index in [0.29, 0.717) is 0 Å². The molecule has 0 heterocycles. The summed E-state index contributed by atoms with van der Waals surface area (Å²) in [6, 6.07) is 10.5. The maximum absolute atomic E-state index is 7.50. The molecular formula is C14H14CrO3. The largest absolute Gasteiger partial charge is 0 e. The Morgan fingerprint density at radius 1 is 0.944 bits per heavy atom. The Hall–Kier alpha value is -1.29. The van der Waals surface area contributed by atoms with Crippen LogP contribution in [0.1, 0.15) is 19.4 Å². The van der Waals surface area contributed by atoms with Gasteiger partial charge in [0.05, 0.1) is 0 Å². The van der Waals surface area contributed by atoms with Gasteiger partial charge in [-0.3, -0.25) is 0 Å². The van der Waals surface area contributed by atoms with Crippen molar-refractivity contribution in [3.63, 3.8) is 0 Å². The summed E-state index contributed by atoms with van der Waals surface area (Å²) >= 11 is 0. The van der Waals surface area contributed by atoms with Crippen LogP contribution >= 0.6 is 0 Å². The normalized spacial score (nSPS) is 6.00. The van der Waals surface area contributed by atoms with Crippen molar-refractivity contribution >= 4 is 0 Å². The van der Waals surface area contributed by atoms with Gasteiger partial charge < -0.3 is 0 Å². The summed E-state index contributed by atoms with van der Waals surface area (Å²) in [7, 11) is 0. The summed E-state index contributed by atoms with van der Waals surface area (Å²) in [6.45, 7) is 17.8. The third-order valence-corrected chi connectivity index (χ3v) is 1.59. The van der Waals surface area contributed by atoms with Gasteiger partial charge in [-0.2, -0.15) is 0 Å². The van der Waals surface area contributed by atoms with Gasteiger partial charge in [0.1, 0.15) is 0 Å². The van der Waals surface area contributed by atoms with Crippen molar-refractivity contribution in [1.82, 2.24) is 0 Å². The average Bonchev–Trinajstić information content (AvgIpc) is 2.44. The van der Waals surface area contributed by atoms with Crippen molar-refractivity contribution < 1.29 is 31.3 Å². The minimum atomic E-state index is 0. The third-order valence-electron chi connectivity index (χ3n) is 1.59. The second-order valence-corrected chi connectivity index (χ2v) is 2.97. The van der Waals surface area contributed by atoms with Crippen molar-refractivity contribution in [2.24, 2.45) is 0 Å². The van der Waals surface area contributed by atoms with Gasteiger partial charge >= 0.3 is 33.9 Å². The molecule has 0 bridgehead atoms. The predicted octanol–water partition coefficient (Wildman–Crippen LogP) is 3.08. The van der Waals surface area contributed by atoms with E-state index in [-0.39, 0.29) is 17.4 Å². The van der Waals surface area contributed by atoms with Crippen LogP contribution in [0.4, 0.5) is 0 Å². The van der Waals surface area contributed by atoms with Crippen LogP contribution < -0.4 is 0 Å². The van der Waals surface area contributed by atoms with Crippen LogP contribution in [-0.4, -0.2) is 0 Å². The molecule has 0 atom stereocenters. The number of hydrogen-bond donors (Lipinski definition) is 0. The molecule has 1 rings (SSSR count). The van der Waals surface area contributed by atoms with Gasteiger partial charge in [-0.1, -0.05) is 42.0 Å². The molecule has 0 unspecified atom stereocenters. The SMILES string of the molecule is CC(C)=CCc1ccccc1.[C-]#[O+].[C-]#[O+].[C-]#[O+].[Cr]. The Balaban J connectivity index is -0.000000123. The molecule has 1 aromatic rings. The molecular weight excluding hydrogens is 268 g/mol. The monoisotopic (exact) mass is 282 g/mol.